The first-order chi connectivity index (χ1) is 19.8. The maximum atomic E-state index is 12.6. The largest absolute Gasteiger partial charge is 0.390 e. The van der Waals surface area contributed by atoms with Crippen molar-refractivity contribution in [3.8, 4) is 0 Å². The molecule has 2 fully saturated rings. The van der Waals surface area contributed by atoms with Crippen molar-refractivity contribution in [1.29, 1.82) is 0 Å². The maximum absolute atomic E-state index is 12.6. The monoisotopic (exact) mass is 573 g/mol. The van der Waals surface area contributed by atoms with Crippen molar-refractivity contribution >= 4 is 34.7 Å². The molecule has 0 aliphatic heterocycles. The molecule has 2 aliphatic rings. The van der Waals surface area contributed by atoms with E-state index in [0.29, 0.717) is 40.5 Å². The van der Waals surface area contributed by atoms with Crippen LogP contribution in [0, 0.1) is 5.92 Å². The number of amides is 1. The molecule has 2 saturated carbocycles. The van der Waals surface area contributed by atoms with E-state index in [9.17, 15) is 15.0 Å². The lowest BCUT2D eigenvalue weighted by molar-refractivity contribution is -0.128. The average molecular weight is 574 g/mol. The summed E-state index contributed by atoms with van der Waals surface area (Å²) in [5, 5.41) is 37.3. The molecule has 214 valence electrons. The zero-order valence-electron chi connectivity index (χ0n) is 23.3. The van der Waals surface area contributed by atoms with E-state index < -0.39 is 24.2 Å². The SMILES string of the molecule is CCNC(=O)C1CC(n2nnc3c(NC4CC4c4ccccc4)nc(Sc4ccc(C(C)C)cc4)nc32)C(O)C1O. The number of nitrogens with one attached hydrogen (secondary N) is 2. The Kier molecular flexibility index (Phi) is 7.67. The number of benzene rings is 2. The molecule has 10 nitrogen and oxygen atoms in total. The summed E-state index contributed by atoms with van der Waals surface area (Å²) in [5.74, 6) is 0.357. The Morgan fingerprint density at radius 2 is 1.80 bits per heavy atom. The zero-order valence-corrected chi connectivity index (χ0v) is 24.1. The first-order valence-electron chi connectivity index (χ1n) is 14.2. The summed E-state index contributed by atoms with van der Waals surface area (Å²) < 4.78 is 1.54. The molecule has 2 heterocycles. The van der Waals surface area contributed by atoms with Gasteiger partial charge in [0.15, 0.2) is 22.1 Å². The second kappa shape index (κ2) is 11.4. The maximum Gasteiger partial charge on any atom is 0.225 e. The fraction of sp³-hybridized carbons (Fsp3) is 0.433. The van der Waals surface area contributed by atoms with Gasteiger partial charge >= 0.3 is 0 Å². The molecule has 1 amide bonds. The summed E-state index contributed by atoms with van der Waals surface area (Å²) in [5.41, 5.74) is 3.48. The summed E-state index contributed by atoms with van der Waals surface area (Å²) in [7, 11) is 0. The number of rotatable bonds is 9. The Hall–Kier alpha value is -3.54. The van der Waals surface area contributed by atoms with Gasteiger partial charge in [-0.05, 0) is 60.7 Å². The summed E-state index contributed by atoms with van der Waals surface area (Å²) in [6.45, 7) is 6.59. The molecule has 2 aromatic heterocycles. The molecule has 2 aromatic carbocycles. The second-order valence-corrected chi connectivity index (χ2v) is 12.2. The minimum Gasteiger partial charge on any atom is -0.390 e. The van der Waals surface area contributed by atoms with Gasteiger partial charge in [0.1, 0.15) is 6.10 Å². The number of aromatic nitrogens is 5. The molecular weight excluding hydrogens is 538 g/mol. The van der Waals surface area contributed by atoms with Crippen molar-refractivity contribution in [2.24, 2.45) is 5.92 Å². The molecule has 6 unspecified atom stereocenters. The highest BCUT2D eigenvalue weighted by Crippen LogP contribution is 2.44. The second-order valence-electron chi connectivity index (χ2n) is 11.2. The van der Waals surface area contributed by atoms with Crippen LogP contribution in [-0.4, -0.2) is 65.9 Å². The van der Waals surface area contributed by atoms with Crippen LogP contribution in [0.5, 0.6) is 0 Å². The van der Waals surface area contributed by atoms with Gasteiger partial charge in [0.25, 0.3) is 0 Å². The molecule has 11 heteroatoms. The molecule has 6 atom stereocenters. The van der Waals surface area contributed by atoms with E-state index in [1.54, 1.807) is 4.68 Å². The van der Waals surface area contributed by atoms with Crippen LogP contribution in [0.3, 0.4) is 0 Å². The quantitative estimate of drug-likeness (QED) is 0.220. The third-order valence-electron chi connectivity index (χ3n) is 8.05. The summed E-state index contributed by atoms with van der Waals surface area (Å²) in [6, 6.07) is 18.3. The molecule has 0 spiro atoms. The molecule has 2 aliphatic carbocycles. The first kappa shape index (κ1) is 27.6. The van der Waals surface area contributed by atoms with Crippen molar-refractivity contribution < 1.29 is 15.0 Å². The normalized spacial score (nSPS) is 25.5. The lowest BCUT2D eigenvalue weighted by Gasteiger charge is -2.17. The van der Waals surface area contributed by atoms with Gasteiger partial charge in [0, 0.05) is 23.4 Å². The van der Waals surface area contributed by atoms with Crippen LogP contribution >= 0.6 is 11.8 Å². The van der Waals surface area contributed by atoms with Crippen LogP contribution in [0.2, 0.25) is 0 Å². The van der Waals surface area contributed by atoms with Gasteiger partial charge in [0.05, 0.1) is 18.1 Å². The highest BCUT2D eigenvalue weighted by atomic mass is 32.2. The number of aliphatic hydroxyl groups excluding tert-OH is 2. The Bertz CT molecular complexity index is 1530. The molecule has 0 bridgehead atoms. The Balaban J connectivity index is 1.34. The molecule has 4 aromatic rings. The number of carbonyl (C=O) groups excluding carboxylic acids is 1. The Morgan fingerprint density at radius 3 is 2.51 bits per heavy atom. The zero-order chi connectivity index (χ0) is 28.7. The summed E-state index contributed by atoms with van der Waals surface area (Å²) in [4.78, 5) is 23.2. The molecule has 0 radical (unpaired) electrons. The van der Waals surface area contributed by atoms with Crippen molar-refractivity contribution in [2.45, 2.75) is 79.8 Å². The highest BCUT2D eigenvalue weighted by molar-refractivity contribution is 7.99. The lowest BCUT2D eigenvalue weighted by Crippen LogP contribution is -2.38. The molecule has 41 heavy (non-hydrogen) atoms. The highest BCUT2D eigenvalue weighted by Gasteiger charge is 2.47. The number of hydrogen-bond donors (Lipinski definition) is 4. The Morgan fingerprint density at radius 1 is 1.05 bits per heavy atom. The number of carbonyl (C=O) groups is 1. The van der Waals surface area contributed by atoms with Crippen molar-refractivity contribution in [3.05, 3.63) is 65.7 Å². The lowest BCUT2D eigenvalue weighted by atomic mass is 10.0. The van der Waals surface area contributed by atoms with Gasteiger partial charge in [0.2, 0.25) is 5.91 Å². The number of aliphatic hydroxyl groups is 2. The first-order valence-corrected chi connectivity index (χ1v) is 15.0. The van der Waals surface area contributed by atoms with Crippen molar-refractivity contribution in [1.82, 2.24) is 30.3 Å². The van der Waals surface area contributed by atoms with Gasteiger partial charge in [-0.1, -0.05) is 61.5 Å². The third kappa shape index (κ3) is 5.53. The molecule has 6 rings (SSSR count). The van der Waals surface area contributed by atoms with Crippen LogP contribution in [0.25, 0.3) is 11.2 Å². The smallest absolute Gasteiger partial charge is 0.225 e. The predicted octanol–water partition coefficient (Wildman–Crippen LogP) is 3.88. The van der Waals surface area contributed by atoms with E-state index in [0.717, 1.165) is 11.3 Å². The van der Waals surface area contributed by atoms with E-state index in [1.165, 1.54) is 22.9 Å². The molecule has 4 N–H and O–H groups in total. The van der Waals surface area contributed by atoms with Crippen molar-refractivity contribution in [3.63, 3.8) is 0 Å². The van der Waals surface area contributed by atoms with Gasteiger partial charge in [-0.3, -0.25) is 4.79 Å². The minimum absolute atomic E-state index is 0.199. The van der Waals surface area contributed by atoms with Crippen LogP contribution in [0.4, 0.5) is 5.82 Å². The van der Waals surface area contributed by atoms with Gasteiger partial charge in [-0.2, -0.15) is 0 Å². The van der Waals surface area contributed by atoms with E-state index in [1.807, 2.05) is 25.1 Å². The minimum atomic E-state index is -1.21. The number of anilines is 1. The molecular formula is C30H35N7O3S. The standard InChI is InChI=1S/C30H35N7O3S/c1-4-31-29(40)21-15-23(26(39)25(21)38)37-28-24(35-36-37)27(32-22-14-20(22)18-8-6-5-7-9-18)33-30(34-28)41-19-12-10-17(11-13-19)16(2)3/h5-13,16,20-23,25-26,38-39H,4,14-15H2,1-3H3,(H,31,40)(H,32,33,34). The average Bonchev–Trinajstić information content (AvgIpc) is 3.51. The summed E-state index contributed by atoms with van der Waals surface area (Å²) in [6.07, 6.45) is -1.21. The number of nitrogens with zero attached hydrogens (tertiary/aromatic N) is 5. The van der Waals surface area contributed by atoms with Gasteiger partial charge in [-0.25, -0.2) is 14.6 Å². The van der Waals surface area contributed by atoms with E-state index in [4.69, 9.17) is 9.97 Å². The fourth-order valence-corrected chi connectivity index (χ4v) is 6.37. The topological polar surface area (TPSA) is 138 Å². The van der Waals surface area contributed by atoms with Crippen LogP contribution < -0.4 is 10.6 Å². The third-order valence-corrected chi connectivity index (χ3v) is 8.93. The van der Waals surface area contributed by atoms with Crippen LogP contribution in [-0.2, 0) is 4.79 Å². The van der Waals surface area contributed by atoms with Crippen molar-refractivity contribution in [2.75, 3.05) is 11.9 Å². The van der Waals surface area contributed by atoms with E-state index in [2.05, 4.69) is 71.2 Å². The molecule has 0 saturated heterocycles. The van der Waals surface area contributed by atoms with Gasteiger partial charge < -0.3 is 20.8 Å². The Labute approximate surface area is 243 Å². The number of fused-ring (bicyclic) bond motifs is 1. The van der Waals surface area contributed by atoms with E-state index >= 15 is 0 Å². The fourth-order valence-electron chi connectivity index (χ4n) is 5.62. The van der Waals surface area contributed by atoms with E-state index in [-0.39, 0.29) is 18.4 Å². The summed E-state index contributed by atoms with van der Waals surface area (Å²) >= 11 is 1.44. The number of hydrogen-bond acceptors (Lipinski definition) is 9. The van der Waals surface area contributed by atoms with Gasteiger partial charge in [-0.15, -0.1) is 5.10 Å². The predicted molar refractivity (Wildman–Crippen MR) is 157 cm³/mol. The van der Waals surface area contributed by atoms with Crippen LogP contribution in [0.15, 0.2) is 64.6 Å². The van der Waals surface area contributed by atoms with Crippen LogP contribution in [0.1, 0.15) is 62.6 Å².